The first kappa shape index (κ1) is 21.1. The summed E-state index contributed by atoms with van der Waals surface area (Å²) in [5, 5.41) is 11.8. The number of halogens is 6. The number of nitrogens with one attached hydrogen (secondary N) is 1. The lowest BCUT2D eigenvalue weighted by Crippen LogP contribution is -2.53. The number of hydrogen-bond acceptors (Lipinski definition) is 5. The second-order valence-electron chi connectivity index (χ2n) is 5.82. The van der Waals surface area contributed by atoms with E-state index >= 15 is 0 Å². The van der Waals surface area contributed by atoms with E-state index in [4.69, 9.17) is 7.85 Å². The van der Waals surface area contributed by atoms with E-state index in [1.54, 1.807) is 6.07 Å². The number of amides is 1. The molecule has 0 saturated carbocycles. The van der Waals surface area contributed by atoms with E-state index in [2.05, 4.69) is 15.3 Å². The maximum atomic E-state index is 12.9. The fraction of sp³-hybridized carbons (Fsp3) is 0.188. The Hall–Kier alpha value is -2.67. The van der Waals surface area contributed by atoms with Crippen LogP contribution in [0.1, 0.15) is 15.9 Å². The zero-order chi connectivity index (χ0) is 21.6. The van der Waals surface area contributed by atoms with E-state index in [-0.39, 0.29) is 16.3 Å². The average Bonchev–Trinajstić information content (AvgIpc) is 3.00. The standard InChI is InChI=1S/C16H8BF6N3O2S/c17-10-6-5-9-12(25-10)29-13(24-9)26-11(27)7-1-3-8(4-2-7)14(28,15(18,19)20)16(21,22)23/h1-6,28H,(H,24,26,27). The summed E-state index contributed by atoms with van der Waals surface area (Å²) in [7, 11) is 5.54. The summed E-state index contributed by atoms with van der Waals surface area (Å²) >= 11 is 0.977. The zero-order valence-corrected chi connectivity index (χ0v) is 14.8. The minimum atomic E-state index is -6.01. The largest absolute Gasteiger partial charge is 0.430 e. The van der Waals surface area contributed by atoms with Crippen LogP contribution in [0.2, 0.25) is 0 Å². The van der Waals surface area contributed by atoms with Crippen LogP contribution in [0.3, 0.4) is 0 Å². The minimum Gasteiger partial charge on any atom is -0.369 e. The maximum Gasteiger partial charge on any atom is 0.430 e. The molecule has 2 N–H and O–H groups in total. The molecule has 3 rings (SSSR count). The Morgan fingerprint density at radius 2 is 1.55 bits per heavy atom. The molecule has 0 aliphatic carbocycles. The number of aromatic nitrogens is 2. The summed E-state index contributed by atoms with van der Waals surface area (Å²) < 4.78 is 77.3. The van der Waals surface area contributed by atoms with Gasteiger partial charge in [-0.05, 0) is 29.9 Å². The van der Waals surface area contributed by atoms with Gasteiger partial charge in [0.2, 0.25) is 0 Å². The maximum absolute atomic E-state index is 12.9. The van der Waals surface area contributed by atoms with E-state index in [9.17, 15) is 36.2 Å². The Balaban J connectivity index is 1.86. The van der Waals surface area contributed by atoms with Gasteiger partial charge in [-0.1, -0.05) is 23.5 Å². The number of aliphatic hydroxyl groups is 1. The summed E-state index contributed by atoms with van der Waals surface area (Å²) in [6.45, 7) is 0. The van der Waals surface area contributed by atoms with Gasteiger partial charge in [-0.25, -0.2) is 4.98 Å². The highest BCUT2D eigenvalue weighted by molar-refractivity contribution is 7.22. The highest BCUT2D eigenvalue weighted by Crippen LogP contribution is 2.49. The molecule has 0 unspecified atom stereocenters. The van der Waals surface area contributed by atoms with E-state index in [0.717, 1.165) is 23.5 Å². The van der Waals surface area contributed by atoms with Gasteiger partial charge < -0.3 is 5.11 Å². The quantitative estimate of drug-likeness (QED) is 0.494. The van der Waals surface area contributed by atoms with Crippen LogP contribution in [-0.4, -0.2) is 41.2 Å². The third-order valence-electron chi connectivity index (χ3n) is 3.88. The van der Waals surface area contributed by atoms with Gasteiger partial charge in [0.05, 0.1) is 0 Å². The molecule has 29 heavy (non-hydrogen) atoms. The number of anilines is 1. The number of benzene rings is 1. The number of carbonyl (C=O) groups is 1. The lowest BCUT2D eigenvalue weighted by Gasteiger charge is -2.32. The predicted molar refractivity (Wildman–Crippen MR) is 93.2 cm³/mol. The Labute approximate surface area is 163 Å². The van der Waals surface area contributed by atoms with E-state index in [1.165, 1.54) is 6.07 Å². The summed E-state index contributed by atoms with van der Waals surface area (Å²) in [5.41, 5.74) is -6.10. The summed E-state index contributed by atoms with van der Waals surface area (Å²) in [6, 6.07) is 5.29. The van der Waals surface area contributed by atoms with Gasteiger partial charge in [0.15, 0.2) is 5.13 Å². The Bertz CT molecular complexity index is 1050. The van der Waals surface area contributed by atoms with Crippen LogP contribution in [0.25, 0.3) is 10.3 Å². The first-order valence-electron chi connectivity index (χ1n) is 7.64. The molecule has 0 bridgehead atoms. The summed E-state index contributed by atoms with van der Waals surface area (Å²) in [6.07, 6.45) is -12.0. The van der Waals surface area contributed by atoms with E-state index in [1.807, 2.05) is 0 Å². The van der Waals surface area contributed by atoms with Crippen molar-refractivity contribution in [2.45, 2.75) is 18.0 Å². The van der Waals surface area contributed by atoms with Crippen molar-refractivity contribution in [3.63, 3.8) is 0 Å². The molecule has 0 saturated heterocycles. The number of fused-ring (bicyclic) bond motifs is 1. The number of thiazole rings is 1. The number of alkyl halides is 6. The SMILES string of the molecule is [B]c1ccc2nc(NC(=O)c3ccc(C(O)(C(F)(F)F)C(F)(F)F)cc3)sc2n1. The Morgan fingerprint density at radius 3 is 2.10 bits per heavy atom. The zero-order valence-electron chi connectivity index (χ0n) is 14.0. The number of nitrogens with zero attached hydrogens (tertiary/aromatic N) is 2. The van der Waals surface area contributed by atoms with Gasteiger partial charge in [0.1, 0.15) is 18.2 Å². The molecule has 3 aromatic rings. The van der Waals surface area contributed by atoms with Gasteiger partial charge in [0, 0.05) is 11.1 Å². The number of carbonyl (C=O) groups excluding carboxylic acids is 1. The number of hydrogen-bond donors (Lipinski definition) is 2. The van der Waals surface area contributed by atoms with E-state index in [0.29, 0.717) is 22.5 Å². The normalized spacial score (nSPS) is 12.9. The lowest BCUT2D eigenvalue weighted by molar-refractivity contribution is -0.376. The molecule has 2 heterocycles. The van der Waals surface area contributed by atoms with Crippen molar-refractivity contribution in [1.29, 1.82) is 0 Å². The second-order valence-corrected chi connectivity index (χ2v) is 6.79. The molecule has 1 amide bonds. The van der Waals surface area contributed by atoms with Crippen molar-refractivity contribution in [2.24, 2.45) is 0 Å². The van der Waals surface area contributed by atoms with Crippen molar-refractivity contribution in [1.82, 2.24) is 9.97 Å². The number of rotatable bonds is 3. The van der Waals surface area contributed by atoms with Crippen molar-refractivity contribution in [3.05, 3.63) is 47.5 Å². The molecule has 1 aromatic carbocycles. The second kappa shape index (κ2) is 6.99. The lowest BCUT2D eigenvalue weighted by atomic mass is 9.91. The van der Waals surface area contributed by atoms with Crippen LogP contribution in [0.15, 0.2) is 36.4 Å². The molecule has 150 valence electrons. The first-order valence-corrected chi connectivity index (χ1v) is 8.45. The molecule has 0 spiro atoms. The molecule has 0 aliphatic rings. The van der Waals surface area contributed by atoms with Crippen molar-refractivity contribution in [2.75, 3.05) is 5.32 Å². The fourth-order valence-electron chi connectivity index (χ4n) is 2.40. The molecular formula is C16H8BF6N3O2S. The first-order chi connectivity index (χ1) is 13.3. The van der Waals surface area contributed by atoms with Gasteiger partial charge in [-0.3, -0.25) is 15.1 Å². The smallest absolute Gasteiger partial charge is 0.369 e. The van der Waals surface area contributed by atoms with Gasteiger partial charge in [0.25, 0.3) is 11.5 Å². The van der Waals surface area contributed by atoms with Crippen LogP contribution < -0.4 is 10.9 Å². The monoisotopic (exact) mass is 431 g/mol. The van der Waals surface area contributed by atoms with Gasteiger partial charge in [-0.15, -0.1) is 0 Å². The van der Waals surface area contributed by atoms with E-state index < -0.39 is 29.4 Å². The highest BCUT2D eigenvalue weighted by Gasteiger charge is 2.71. The highest BCUT2D eigenvalue weighted by atomic mass is 32.1. The molecular weight excluding hydrogens is 423 g/mol. The third kappa shape index (κ3) is 3.79. The van der Waals surface area contributed by atoms with Crippen LogP contribution in [0.4, 0.5) is 31.5 Å². The Kier molecular flexibility index (Phi) is 5.07. The third-order valence-corrected chi connectivity index (χ3v) is 4.76. The van der Waals surface area contributed by atoms with Gasteiger partial charge >= 0.3 is 12.4 Å². The van der Waals surface area contributed by atoms with Crippen LogP contribution in [0, 0.1) is 0 Å². The topological polar surface area (TPSA) is 75.1 Å². The molecule has 0 aliphatic heterocycles. The van der Waals surface area contributed by atoms with Crippen LogP contribution in [0.5, 0.6) is 0 Å². The average molecular weight is 431 g/mol. The fourth-order valence-corrected chi connectivity index (χ4v) is 3.25. The molecule has 5 nitrogen and oxygen atoms in total. The molecule has 0 fully saturated rings. The van der Waals surface area contributed by atoms with Crippen molar-refractivity contribution >= 4 is 46.2 Å². The minimum absolute atomic E-state index is 0.106. The molecule has 0 atom stereocenters. The molecule has 2 radical (unpaired) electrons. The number of pyridine rings is 1. The van der Waals surface area contributed by atoms with Gasteiger partial charge in [-0.2, -0.15) is 26.3 Å². The molecule has 2 aromatic heterocycles. The predicted octanol–water partition coefficient (Wildman–Crippen LogP) is 3.05. The summed E-state index contributed by atoms with van der Waals surface area (Å²) in [5.74, 6) is -0.828. The van der Waals surface area contributed by atoms with Crippen LogP contribution in [-0.2, 0) is 5.60 Å². The van der Waals surface area contributed by atoms with Crippen LogP contribution >= 0.6 is 11.3 Å². The molecule has 13 heteroatoms. The van der Waals surface area contributed by atoms with Crippen molar-refractivity contribution in [3.8, 4) is 0 Å². The summed E-state index contributed by atoms with van der Waals surface area (Å²) in [4.78, 5) is 20.7. The van der Waals surface area contributed by atoms with Crippen molar-refractivity contribution < 1.29 is 36.2 Å². The Morgan fingerprint density at radius 1 is 0.966 bits per heavy atom.